The Bertz CT molecular complexity index is 1090. The maximum Gasteiger partial charge on any atom is 0.295 e. The average Bonchev–Trinajstić information content (AvgIpc) is 3.08. The highest BCUT2D eigenvalue weighted by atomic mass is 16.5. The van der Waals surface area contributed by atoms with Crippen molar-refractivity contribution in [2.24, 2.45) is 0 Å². The highest BCUT2D eigenvalue weighted by Gasteiger charge is 2.46. The quantitative estimate of drug-likeness (QED) is 0.239. The van der Waals surface area contributed by atoms with Crippen molar-refractivity contribution >= 4 is 17.4 Å². The van der Waals surface area contributed by atoms with Crippen LogP contribution in [0.2, 0.25) is 0 Å². The van der Waals surface area contributed by atoms with E-state index in [0.717, 1.165) is 24.0 Å². The Balaban J connectivity index is 2.15. The monoisotopic (exact) mass is 467 g/mol. The van der Waals surface area contributed by atoms with Gasteiger partial charge in [0.2, 0.25) is 0 Å². The fraction of sp³-hybridized carbons (Fsp3) is 0.407. The highest BCUT2D eigenvalue weighted by Crippen LogP contribution is 2.42. The van der Waals surface area contributed by atoms with Crippen LogP contribution < -0.4 is 9.47 Å². The second-order valence-corrected chi connectivity index (χ2v) is 8.42. The van der Waals surface area contributed by atoms with Crippen molar-refractivity contribution < 1.29 is 28.9 Å². The molecule has 0 aromatic heterocycles. The smallest absolute Gasteiger partial charge is 0.295 e. The van der Waals surface area contributed by atoms with Crippen LogP contribution in [-0.4, -0.2) is 55.7 Å². The number of ketones is 1. The Hall–Kier alpha value is -3.32. The van der Waals surface area contributed by atoms with E-state index in [-0.39, 0.29) is 24.5 Å². The number of unbranched alkanes of at least 4 members (excludes halogenated alkanes) is 1. The summed E-state index contributed by atoms with van der Waals surface area (Å²) >= 11 is 0. The Kier molecular flexibility index (Phi) is 8.34. The molecule has 1 fully saturated rings. The van der Waals surface area contributed by atoms with Gasteiger partial charge < -0.3 is 24.2 Å². The number of carbonyl (C=O) groups excluding carboxylic acids is 2. The van der Waals surface area contributed by atoms with Crippen molar-refractivity contribution in [3.05, 3.63) is 64.2 Å². The summed E-state index contributed by atoms with van der Waals surface area (Å²) in [7, 11) is 3.08. The van der Waals surface area contributed by atoms with E-state index < -0.39 is 17.7 Å². The number of aliphatic hydroxyl groups excluding tert-OH is 1. The van der Waals surface area contributed by atoms with Gasteiger partial charge in [0.1, 0.15) is 5.76 Å². The van der Waals surface area contributed by atoms with Crippen molar-refractivity contribution in [3.8, 4) is 11.5 Å². The molecule has 0 saturated carbocycles. The van der Waals surface area contributed by atoms with Gasteiger partial charge in [0.25, 0.3) is 11.7 Å². The van der Waals surface area contributed by atoms with Gasteiger partial charge in [-0.05, 0) is 49.6 Å². The molecule has 3 rings (SSSR count). The van der Waals surface area contributed by atoms with E-state index in [1.54, 1.807) is 25.3 Å². The van der Waals surface area contributed by atoms with Crippen molar-refractivity contribution in [1.29, 1.82) is 0 Å². The summed E-state index contributed by atoms with van der Waals surface area (Å²) in [6.07, 6.45) is 1.92. The van der Waals surface area contributed by atoms with E-state index >= 15 is 0 Å². The van der Waals surface area contributed by atoms with E-state index in [1.165, 1.54) is 12.0 Å². The van der Waals surface area contributed by atoms with Crippen LogP contribution in [0.1, 0.15) is 48.1 Å². The van der Waals surface area contributed by atoms with Crippen LogP contribution in [0.5, 0.6) is 11.5 Å². The number of hydrogen-bond acceptors (Lipinski definition) is 6. The second-order valence-electron chi connectivity index (χ2n) is 8.42. The summed E-state index contributed by atoms with van der Waals surface area (Å²) in [6.45, 7) is 6.87. The molecule has 1 atom stereocenters. The van der Waals surface area contributed by atoms with E-state index in [1.807, 2.05) is 32.0 Å². The summed E-state index contributed by atoms with van der Waals surface area (Å²) in [6, 6.07) is 10.2. The van der Waals surface area contributed by atoms with Gasteiger partial charge in [-0.2, -0.15) is 0 Å². The lowest BCUT2D eigenvalue weighted by Gasteiger charge is -2.26. The Morgan fingerprint density at radius 3 is 2.47 bits per heavy atom. The molecule has 7 nitrogen and oxygen atoms in total. The number of amides is 1. The number of likely N-dealkylation sites (tertiary alicyclic amines) is 1. The van der Waals surface area contributed by atoms with Crippen LogP contribution in [-0.2, 0) is 14.3 Å². The molecular weight excluding hydrogens is 434 g/mol. The minimum atomic E-state index is -0.784. The number of carbonyl (C=O) groups is 2. The molecule has 1 heterocycles. The molecule has 0 aliphatic carbocycles. The standard InChI is InChI=1S/C27H33NO6/c1-6-7-13-34-21-11-10-19(16-22(21)33-5)24-23(26(30)27(31)28(24)12-14-32-4)25(29)20-15-17(2)8-9-18(20)3/h8-11,15-16,24,29H,6-7,12-14H2,1-5H3/b25-23+. The largest absolute Gasteiger partial charge is 0.507 e. The lowest BCUT2D eigenvalue weighted by Crippen LogP contribution is -2.32. The topological polar surface area (TPSA) is 85.3 Å². The molecule has 1 saturated heterocycles. The van der Waals surface area contributed by atoms with Gasteiger partial charge in [0.15, 0.2) is 11.5 Å². The van der Waals surface area contributed by atoms with E-state index in [0.29, 0.717) is 29.2 Å². The summed E-state index contributed by atoms with van der Waals surface area (Å²) in [5.74, 6) is -0.495. The zero-order chi connectivity index (χ0) is 24.8. The molecule has 34 heavy (non-hydrogen) atoms. The lowest BCUT2D eigenvalue weighted by molar-refractivity contribution is -0.140. The maximum atomic E-state index is 13.2. The molecule has 1 aliphatic heterocycles. The summed E-state index contributed by atoms with van der Waals surface area (Å²) in [4.78, 5) is 27.6. The van der Waals surface area contributed by atoms with Crippen LogP contribution in [0.3, 0.4) is 0 Å². The summed E-state index contributed by atoms with van der Waals surface area (Å²) in [5.41, 5.74) is 2.97. The zero-order valence-electron chi connectivity index (χ0n) is 20.5. The van der Waals surface area contributed by atoms with Crippen molar-refractivity contribution in [1.82, 2.24) is 4.90 Å². The van der Waals surface area contributed by atoms with Gasteiger partial charge in [-0.1, -0.05) is 37.1 Å². The molecule has 182 valence electrons. The van der Waals surface area contributed by atoms with Crippen LogP contribution in [0, 0.1) is 13.8 Å². The van der Waals surface area contributed by atoms with Gasteiger partial charge in [-0.3, -0.25) is 9.59 Å². The normalized spacial score (nSPS) is 17.3. The number of aliphatic hydroxyl groups is 1. The third-order valence-electron chi connectivity index (χ3n) is 5.98. The van der Waals surface area contributed by atoms with Gasteiger partial charge in [-0.15, -0.1) is 0 Å². The first-order valence-electron chi connectivity index (χ1n) is 11.5. The Morgan fingerprint density at radius 1 is 1.03 bits per heavy atom. The van der Waals surface area contributed by atoms with Gasteiger partial charge in [0, 0.05) is 19.2 Å². The Labute approximate surface area is 200 Å². The number of benzene rings is 2. The highest BCUT2D eigenvalue weighted by molar-refractivity contribution is 6.46. The van der Waals surface area contributed by atoms with Crippen molar-refractivity contribution in [2.75, 3.05) is 34.0 Å². The number of ether oxygens (including phenoxy) is 3. The number of methoxy groups -OCH3 is 2. The van der Waals surface area contributed by atoms with E-state index in [9.17, 15) is 14.7 Å². The fourth-order valence-electron chi connectivity index (χ4n) is 4.08. The molecule has 2 aromatic carbocycles. The molecule has 1 aliphatic rings. The van der Waals surface area contributed by atoms with Crippen molar-refractivity contribution in [3.63, 3.8) is 0 Å². The van der Waals surface area contributed by atoms with Gasteiger partial charge >= 0.3 is 0 Å². The molecular formula is C27H33NO6. The van der Waals surface area contributed by atoms with Gasteiger partial charge in [-0.25, -0.2) is 0 Å². The first-order valence-corrected chi connectivity index (χ1v) is 11.5. The first kappa shape index (κ1) is 25.3. The van der Waals surface area contributed by atoms with Crippen LogP contribution in [0.25, 0.3) is 5.76 Å². The lowest BCUT2D eigenvalue weighted by atomic mass is 9.93. The zero-order valence-corrected chi connectivity index (χ0v) is 20.5. The maximum absolute atomic E-state index is 13.2. The molecule has 0 spiro atoms. The molecule has 1 N–H and O–H groups in total. The van der Waals surface area contributed by atoms with E-state index in [2.05, 4.69) is 6.92 Å². The minimum Gasteiger partial charge on any atom is -0.507 e. The molecule has 1 unspecified atom stereocenters. The fourth-order valence-corrected chi connectivity index (χ4v) is 4.08. The number of nitrogens with zero attached hydrogens (tertiary/aromatic N) is 1. The number of hydrogen-bond donors (Lipinski definition) is 1. The third kappa shape index (κ3) is 5.09. The number of Topliss-reactive ketones (excluding diaryl/α,β-unsaturated/α-hetero) is 1. The summed E-state index contributed by atoms with van der Waals surface area (Å²) in [5, 5.41) is 11.3. The van der Waals surface area contributed by atoms with Crippen LogP contribution >= 0.6 is 0 Å². The Morgan fingerprint density at radius 2 is 1.79 bits per heavy atom. The first-order chi connectivity index (χ1) is 16.3. The van der Waals surface area contributed by atoms with Crippen molar-refractivity contribution in [2.45, 2.75) is 39.7 Å². The van der Waals surface area contributed by atoms with E-state index in [4.69, 9.17) is 14.2 Å². The molecule has 7 heteroatoms. The average molecular weight is 468 g/mol. The van der Waals surface area contributed by atoms with Gasteiger partial charge in [0.05, 0.1) is 31.9 Å². The number of aryl methyl sites for hydroxylation is 2. The predicted octanol–water partition coefficient (Wildman–Crippen LogP) is 4.56. The number of rotatable bonds is 10. The molecule has 0 radical (unpaired) electrons. The third-order valence-corrected chi connectivity index (χ3v) is 5.98. The predicted molar refractivity (Wildman–Crippen MR) is 130 cm³/mol. The van der Waals surface area contributed by atoms with Crippen LogP contribution in [0.15, 0.2) is 42.0 Å². The minimum absolute atomic E-state index is 0.0523. The summed E-state index contributed by atoms with van der Waals surface area (Å²) < 4.78 is 16.6. The van der Waals surface area contributed by atoms with Crippen LogP contribution in [0.4, 0.5) is 0 Å². The molecule has 2 aromatic rings. The molecule has 0 bridgehead atoms. The second kappa shape index (κ2) is 11.2. The SMILES string of the molecule is CCCCOc1ccc(C2/C(=C(\O)c3cc(C)ccc3C)C(=O)C(=O)N2CCOC)cc1OC. The molecule has 1 amide bonds.